The first-order valence-electron chi connectivity index (χ1n) is 6.91. The van der Waals surface area contributed by atoms with Gasteiger partial charge in [-0.05, 0) is 42.5 Å². The van der Waals surface area contributed by atoms with Crippen LogP contribution in [-0.4, -0.2) is 35.1 Å². The molecule has 2 aliphatic heterocycles. The van der Waals surface area contributed by atoms with Gasteiger partial charge in [0, 0.05) is 12.1 Å². The predicted octanol–water partition coefficient (Wildman–Crippen LogP) is 1.70. The van der Waals surface area contributed by atoms with Crippen molar-refractivity contribution in [3.05, 3.63) is 34.9 Å². The van der Waals surface area contributed by atoms with Gasteiger partial charge in [0.15, 0.2) is 0 Å². The van der Waals surface area contributed by atoms with Crippen LogP contribution in [0.15, 0.2) is 18.2 Å². The highest BCUT2D eigenvalue weighted by Crippen LogP contribution is 2.24. The minimum Gasteiger partial charge on any atom is -0.394 e. The second-order valence-electron chi connectivity index (χ2n) is 5.31. The summed E-state index contributed by atoms with van der Waals surface area (Å²) in [5, 5.41) is 9.40. The Kier molecular flexibility index (Phi) is 3.53. The van der Waals surface area contributed by atoms with Crippen LogP contribution in [0.5, 0.6) is 0 Å². The fourth-order valence-electron chi connectivity index (χ4n) is 2.93. The Balaban J connectivity index is 1.82. The Hall–Kier alpha value is -1.39. The Labute approximate surface area is 113 Å². The highest BCUT2D eigenvalue weighted by Gasteiger charge is 2.27. The molecule has 1 fully saturated rings. The van der Waals surface area contributed by atoms with Gasteiger partial charge in [-0.2, -0.15) is 0 Å². The van der Waals surface area contributed by atoms with Crippen molar-refractivity contribution in [1.29, 1.82) is 0 Å². The first kappa shape index (κ1) is 12.6. The molecule has 1 aromatic carbocycles. The Morgan fingerprint density at radius 2 is 2.16 bits per heavy atom. The number of amides is 1. The third-order valence-electron chi connectivity index (χ3n) is 4.07. The molecule has 0 bridgehead atoms. The summed E-state index contributed by atoms with van der Waals surface area (Å²) >= 11 is 0. The molecule has 1 aromatic rings. The lowest BCUT2D eigenvalue weighted by atomic mass is 10.00. The highest BCUT2D eigenvalue weighted by molar-refractivity contribution is 5.94. The van der Waals surface area contributed by atoms with E-state index in [1.54, 1.807) is 0 Å². The molecule has 1 amide bonds. The number of aliphatic hydroxyl groups excluding tert-OH is 1. The number of likely N-dealkylation sites (tertiary alicyclic amines) is 1. The van der Waals surface area contributed by atoms with Crippen molar-refractivity contribution >= 4 is 5.91 Å². The largest absolute Gasteiger partial charge is 0.394 e. The number of nitrogens with zero attached hydrogens (tertiary/aromatic N) is 1. The molecule has 0 aromatic heterocycles. The number of fused-ring (bicyclic) bond motifs is 1. The minimum atomic E-state index is -0.0224. The predicted molar refractivity (Wildman–Crippen MR) is 70.7 cm³/mol. The fraction of sp³-hybridized carbons (Fsp3) is 0.533. The maximum atomic E-state index is 12.5. The van der Waals surface area contributed by atoms with E-state index < -0.39 is 0 Å². The lowest BCUT2D eigenvalue weighted by molar-refractivity contribution is 0.0503. The summed E-state index contributed by atoms with van der Waals surface area (Å²) < 4.78 is 5.37. The maximum Gasteiger partial charge on any atom is 0.254 e. The van der Waals surface area contributed by atoms with Crippen LogP contribution < -0.4 is 0 Å². The number of hydrogen-bond acceptors (Lipinski definition) is 3. The van der Waals surface area contributed by atoms with E-state index in [1.165, 1.54) is 5.56 Å². The van der Waals surface area contributed by atoms with Gasteiger partial charge in [0.05, 0.1) is 25.9 Å². The lowest BCUT2D eigenvalue weighted by Gasteiger charge is -2.34. The van der Waals surface area contributed by atoms with E-state index in [1.807, 2.05) is 23.1 Å². The van der Waals surface area contributed by atoms with E-state index in [2.05, 4.69) is 0 Å². The highest BCUT2D eigenvalue weighted by atomic mass is 16.5. The topological polar surface area (TPSA) is 49.8 Å². The molecule has 2 heterocycles. The average Bonchev–Trinajstić information content (AvgIpc) is 2.93. The molecule has 4 heteroatoms. The van der Waals surface area contributed by atoms with Crippen LogP contribution in [-0.2, 0) is 18.0 Å². The number of ether oxygens (including phenoxy) is 1. The Morgan fingerprint density at radius 1 is 1.32 bits per heavy atom. The summed E-state index contributed by atoms with van der Waals surface area (Å²) in [6, 6.07) is 5.77. The zero-order valence-electron chi connectivity index (χ0n) is 11.0. The standard InChI is InChI=1S/C15H19NO3/c17-8-14-3-1-2-6-16(14)15(18)11-4-5-12-9-19-10-13(12)7-11/h4-5,7,14,17H,1-3,6,8-10H2. The van der Waals surface area contributed by atoms with Gasteiger partial charge in [-0.1, -0.05) is 6.07 Å². The van der Waals surface area contributed by atoms with Crippen LogP contribution >= 0.6 is 0 Å². The molecule has 0 radical (unpaired) electrons. The molecule has 3 rings (SSSR count). The summed E-state index contributed by atoms with van der Waals surface area (Å²) in [6.45, 7) is 2.05. The molecular weight excluding hydrogens is 242 g/mol. The van der Waals surface area contributed by atoms with E-state index >= 15 is 0 Å². The van der Waals surface area contributed by atoms with Crippen LogP contribution in [0.25, 0.3) is 0 Å². The number of aliphatic hydroxyl groups is 1. The number of carbonyl (C=O) groups excluding carboxylic acids is 1. The first-order chi connectivity index (χ1) is 9.29. The Bertz CT molecular complexity index is 486. The van der Waals surface area contributed by atoms with Crippen LogP contribution in [0.4, 0.5) is 0 Å². The first-order valence-corrected chi connectivity index (χ1v) is 6.91. The van der Waals surface area contributed by atoms with Crippen molar-refractivity contribution in [1.82, 2.24) is 4.90 Å². The van der Waals surface area contributed by atoms with Gasteiger partial charge in [-0.3, -0.25) is 4.79 Å². The van der Waals surface area contributed by atoms with E-state index in [9.17, 15) is 9.90 Å². The van der Waals surface area contributed by atoms with Crippen molar-refractivity contribution in [3.8, 4) is 0 Å². The molecule has 1 atom stereocenters. The van der Waals surface area contributed by atoms with Gasteiger partial charge >= 0.3 is 0 Å². The Morgan fingerprint density at radius 3 is 3.00 bits per heavy atom. The van der Waals surface area contributed by atoms with Crippen molar-refractivity contribution in [2.45, 2.75) is 38.5 Å². The van der Waals surface area contributed by atoms with Crippen LogP contribution in [0.1, 0.15) is 40.7 Å². The molecule has 19 heavy (non-hydrogen) atoms. The summed E-state index contributed by atoms with van der Waals surface area (Å²) in [7, 11) is 0. The molecule has 102 valence electrons. The van der Waals surface area contributed by atoms with Crippen molar-refractivity contribution in [2.75, 3.05) is 13.2 Å². The van der Waals surface area contributed by atoms with Crippen molar-refractivity contribution < 1.29 is 14.6 Å². The monoisotopic (exact) mass is 261 g/mol. The van der Waals surface area contributed by atoms with Crippen LogP contribution in [0.3, 0.4) is 0 Å². The van der Waals surface area contributed by atoms with Gasteiger partial charge in [0.2, 0.25) is 0 Å². The van der Waals surface area contributed by atoms with Crippen LogP contribution in [0.2, 0.25) is 0 Å². The van der Waals surface area contributed by atoms with E-state index in [0.29, 0.717) is 18.8 Å². The molecular formula is C15H19NO3. The molecule has 0 saturated carbocycles. The second-order valence-corrected chi connectivity index (χ2v) is 5.31. The van der Waals surface area contributed by atoms with Crippen molar-refractivity contribution in [3.63, 3.8) is 0 Å². The lowest BCUT2D eigenvalue weighted by Crippen LogP contribution is -2.45. The van der Waals surface area contributed by atoms with E-state index in [-0.39, 0.29) is 18.6 Å². The fourth-order valence-corrected chi connectivity index (χ4v) is 2.93. The third kappa shape index (κ3) is 2.38. The molecule has 1 N–H and O–H groups in total. The summed E-state index contributed by atoms with van der Waals surface area (Å²) in [5.41, 5.74) is 3.00. The molecule has 1 saturated heterocycles. The SMILES string of the molecule is O=C(c1ccc2c(c1)COC2)N1CCCCC1CO. The zero-order chi connectivity index (χ0) is 13.2. The molecule has 0 spiro atoms. The molecule has 0 aliphatic carbocycles. The summed E-state index contributed by atoms with van der Waals surface area (Å²) in [5.74, 6) is 0.0356. The van der Waals surface area contributed by atoms with Gasteiger partial charge in [-0.25, -0.2) is 0 Å². The summed E-state index contributed by atoms with van der Waals surface area (Å²) in [4.78, 5) is 14.4. The third-order valence-corrected chi connectivity index (χ3v) is 4.07. The van der Waals surface area contributed by atoms with Crippen molar-refractivity contribution in [2.24, 2.45) is 0 Å². The molecule has 4 nitrogen and oxygen atoms in total. The van der Waals surface area contributed by atoms with Gasteiger partial charge in [0.1, 0.15) is 0 Å². The number of hydrogen-bond donors (Lipinski definition) is 1. The van der Waals surface area contributed by atoms with Crippen LogP contribution in [0, 0.1) is 0 Å². The molecule has 2 aliphatic rings. The summed E-state index contributed by atoms with van der Waals surface area (Å²) in [6.07, 6.45) is 3.01. The van der Waals surface area contributed by atoms with E-state index in [4.69, 9.17) is 4.74 Å². The quantitative estimate of drug-likeness (QED) is 0.881. The number of piperidine rings is 1. The number of carbonyl (C=O) groups is 1. The average molecular weight is 261 g/mol. The van der Waals surface area contributed by atoms with Gasteiger partial charge in [-0.15, -0.1) is 0 Å². The van der Waals surface area contributed by atoms with E-state index in [0.717, 1.165) is 31.4 Å². The number of benzene rings is 1. The maximum absolute atomic E-state index is 12.5. The zero-order valence-corrected chi connectivity index (χ0v) is 11.0. The second kappa shape index (κ2) is 5.31. The number of rotatable bonds is 2. The van der Waals surface area contributed by atoms with Gasteiger partial charge in [0.25, 0.3) is 5.91 Å². The minimum absolute atomic E-state index is 0.0224. The normalized spacial score (nSPS) is 22.4. The molecule has 1 unspecified atom stereocenters. The van der Waals surface area contributed by atoms with Gasteiger partial charge < -0.3 is 14.7 Å². The smallest absolute Gasteiger partial charge is 0.254 e.